The van der Waals surface area contributed by atoms with Crippen LogP contribution in [0.15, 0.2) is 4.99 Å². The third-order valence-electron chi connectivity index (χ3n) is 6.38. The summed E-state index contributed by atoms with van der Waals surface area (Å²) in [5.41, 5.74) is 0. The average molecular weight is 349 g/mol. The van der Waals surface area contributed by atoms with Crippen LogP contribution in [0.5, 0.6) is 0 Å². The van der Waals surface area contributed by atoms with E-state index in [4.69, 9.17) is 4.99 Å². The number of hydrogen-bond acceptors (Lipinski definition) is 2. The van der Waals surface area contributed by atoms with Gasteiger partial charge in [0.25, 0.3) is 0 Å². The van der Waals surface area contributed by atoms with E-state index >= 15 is 0 Å². The average Bonchev–Trinajstić information content (AvgIpc) is 3.42. The van der Waals surface area contributed by atoms with Crippen molar-refractivity contribution in [2.75, 3.05) is 26.7 Å². The summed E-state index contributed by atoms with van der Waals surface area (Å²) in [6.45, 7) is 5.00. The number of amides is 1. The van der Waals surface area contributed by atoms with Crippen molar-refractivity contribution in [1.82, 2.24) is 15.5 Å². The van der Waals surface area contributed by atoms with Gasteiger partial charge in [-0.2, -0.15) is 0 Å². The van der Waals surface area contributed by atoms with Crippen LogP contribution >= 0.6 is 0 Å². The second kappa shape index (κ2) is 8.91. The molecule has 0 bridgehead atoms. The summed E-state index contributed by atoms with van der Waals surface area (Å²) in [5, 5.41) is 6.52. The minimum absolute atomic E-state index is 0.173. The number of aliphatic imine (C=N–C) groups is 1. The van der Waals surface area contributed by atoms with E-state index in [1.54, 1.807) is 7.05 Å². The van der Waals surface area contributed by atoms with Crippen LogP contribution in [0, 0.1) is 17.8 Å². The molecule has 5 heteroatoms. The molecule has 3 rings (SSSR count). The van der Waals surface area contributed by atoms with Crippen molar-refractivity contribution in [3.8, 4) is 0 Å². The Hall–Kier alpha value is -1.26. The molecule has 3 aliphatic rings. The highest BCUT2D eigenvalue weighted by atomic mass is 16.1. The van der Waals surface area contributed by atoms with Crippen LogP contribution in [-0.2, 0) is 4.79 Å². The normalized spacial score (nSPS) is 28.7. The number of carbonyl (C=O) groups is 1. The Labute approximate surface area is 153 Å². The summed E-state index contributed by atoms with van der Waals surface area (Å²) in [5.74, 6) is 3.65. The third-order valence-corrected chi connectivity index (χ3v) is 6.38. The second-order valence-corrected chi connectivity index (χ2v) is 8.15. The highest BCUT2D eigenvalue weighted by Crippen LogP contribution is 2.44. The van der Waals surface area contributed by atoms with Crippen LogP contribution in [0.3, 0.4) is 0 Å². The maximum Gasteiger partial charge on any atom is 0.220 e. The molecule has 3 fully saturated rings. The Kier molecular flexibility index (Phi) is 6.60. The van der Waals surface area contributed by atoms with Gasteiger partial charge in [0.1, 0.15) is 0 Å². The Balaban J connectivity index is 1.46. The van der Waals surface area contributed by atoms with E-state index in [1.807, 2.05) is 0 Å². The van der Waals surface area contributed by atoms with Crippen LogP contribution < -0.4 is 10.6 Å². The van der Waals surface area contributed by atoms with Gasteiger partial charge in [0, 0.05) is 39.1 Å². The van der Waals surface area contributed by atoms with E-state index in [0.29, 0.717) is 18.4 Å². The molecule has 25 heavy (non-hydrogen) atoms. The number of guanidine groups is 1. The van der Waals surface area contributed by atoms with Crippen molar-refractivity contribution in [2.45, 2.75) is 70.8 Å². The lowest BCUT2D eigenvalue weighted by molar-refractivity contribution is -0.121. The SMILES string of the molecule is CCN=C(NC1CC1C1CCCCC1)N1CCC(CC(=O)NC)CC1. The quantitative estimate of drug-likeness (QED) is 0.593. The second-order valence-electron chi connectivity index (χ2n) is 8.15. The molecule has 0 radical (unpaired) electrons. The molecule has 142 valence electrons. The zero-order valence-corrected chi connectivity index (χ0v) is 16.1. The maximum absolute atomic E-state index is 11.6. The Morgan fingerprint density at radius 2 is 1.84 bits per heavy atom. The Morgan fingerprint density at radius 3 is 2.48 bits per heavy atom. The van der Waals surface area contributed by atoms with Crippen LogP contribution in [0.2, 0.25) is 0 Å². The summed E-state index contributed by atoms with van der Waals surface area (Å²) < 4.78 is 0. The lowest BCUT2D eigenvalue weighted by Crippen LogP contribution is -2.47. The Morgan fingerprint density at radius 1 is 1.12 bits per heavy atom. The number of nitrogens with zero attached hydrogens (tertiary/aromatic N) is 2. The van der Waals surface area contributed by atoms with Crippen molar-refractivity contribution >= 4 is 11.9 Å². The molecule has 2 atom stereocenters. The predicted octanol–water partition coefficient (Wildman–Crippen LogP) is 2.77. The van der Waals surface area contributed by atoms with E-state index in [2.05, 4.69) is 22.5 Å². The first-order valence-corrected chi connectivity index (χ1v) is 10.5. The minimum Gasteiger partial charge on any atom is -0.359 e. The van der Waals surface area contributed by atoms with Gasteiger partial charge in [-0.3, -0.25) is 9.79 Å². The van der Waals surface area contributed by atoms with Crippen LogP contribution in [0.1, 0.15) is 64.7 Å². The zero-order valence-electron chi connectivity index (χ0n) is 16.1. The van der Waals surface area contributed by atoms with Gasteiger partial charge in [-0.1, -0.05) is 32.1 Å². The van der Waals surface area contributed by atoms with E-state index in [-0.39, 0.29) is 5.91 Å². The number of nitrogens with one attached hydrogen (secondary N) is 2. The molecule has 1 aliphatic heterocycles. The van der Waals surface area contributed by atoms with Crippen molar-refractivity contribution in [1.29, 1.82) is 0 Å². The number of carbonyl (C=O) groups excluding carboxylic acids is 1. The van der Waals surface area contributed by atoms with Crippen molar-refractivity contribution < 1.29 is 4.79 Å². The number of piperidine rings is 1. The van der Waals surface area contributed by atoms with E-state index in [0.717, 1.165) is 50.3 Å². The largest absolute Gasteiger partial charge is 0.359 e. The van der Waals surface area contributed by atoms with Gasteiger partial charge < -0.3 is 15.5 Å². The summed E-state index contributed by atoms with van der Waals surface area (Å²) in [6.07, 6.45) is 11.4. The van der Waals surface area contributed by atoms with E-state index in [1.165, 1.54) is 38.5 Å². The number of likely N-dealkylation sites (tertiary alicyclic amines) is 1. The molecule has 5 nitrogen and oxygen atoms in total. The van der Waals surface area contributed by atoms with Crippen LogP contribution in [0.25, 0.3) is 0 Å². The van der Waals surface area contributed by atoms with Gasteiger partial charge in [0.2, 0.25) is 5.91 Å². The first kappa shape index (κ1) is 18.5. The molecule has 1 saturated heterocycles. The van der Waals surface area contributed by atoms with Gasteiger partial charge in [0.15, 0.2) is 5.96 Å². The van der Waals surface area contributed by atoms with Gasteiger partial charge in [-0.15, -0.1) is 0 Å². The molecule has 0 aromatic carbocycles. The summed E-state index contributed by atoms with van der Waals surface area (Å²) in [7, 11) is 1.73. The molecule has 0 spiro atoms. The van der Waals surface area contributed by atoms with E-state index < -0.39 is 0 Å². The standard InChI is InChI=1S/C20H36N4O/c1-3-22-20(23-18-14-17(18)16-7-5-4-6-8-16)24-11-9-15(10-12-24)13-19(25)21-2/h15-18H,3-14H2,1-2H3,(H,21,25)(H,22,23). The molecular formula is C20H36N4O. The zero-order chi connectivity index (χ0) is 17.6. The van der Waals surface area contributed by atoms with Crippen molar-refractivity contribution in [3.63, 3.8) is 0 Å². The summed E-state index contributed by atoms with van der Waals surface area (Å²) >= 11 is 0. The minimum atomic E-state index is 0.173. The number of hydrogen-bond donors (Lipinski definition) is 2. The molecule has 2 saturated carbocycles. The molecule has 2 aliphatic carbocycles. The molecule has 1 heterocycles. The lowest BCUT2D eigenvalue weighted by Gasteiger charge is -2.34. The van der Waals surface area contributed by atoms with Crippen molar-refractivity contribution in [2.24, 2.45) is 22.7 Å². The number of rotatable bonds is 5. The first-order valence-electron chi connectivity index (χ1n) is 10.5. The monoisotopic (exact) mass is 348 g/mol. The van der Waals surface area contributed by atoms with Gasteiger partial charge >= 0.3 is 0 Å². The van der Waals surface area contributed by atoms with Gasteiger partial charge in [0.05, 0.1) is 0 Å². The maximum atomic E-state index is 11.6. The van der Waals surface area contributed by atoms with Crippen LogP contribution in [-0.4, -0.2) is 49.5 Å². The molecule has 2 unspecified atom stereocenters. The van der Waals surface area contributed by atoms with Crippen LogP contribution in [0.4, 0.5) is 0 Å². The molecule has 2 N–H and O–H groups in total. The third kappa shape index (κ3) is 5.11. The lowest BCUT2D eigenvalue weighted by atomic mass is 9.85. The van der Waals surface area contributed by atoms with Gasteiger partial charge in [-0.25, -0.2) is 0 Å². The van der Waals surface area contributed by atoms with Crippen molar-refractivity contribution in [3.05, 3.63) is 0 Å². The molecule has 1 amide bonds. The first-order chi connectivity index (χ1) is 12.2. The molecular weight excluding hydrogens is 312 g/mol. The smallest absolute Gasteiger partial charge is 0.220 e. The fourth-order valence-corrected chi connectivity index (χ4v) is 4.73. The topological polar surface area (TPSA) is 56.7 Å². The predicted molar refractivity (Wildman–Crippen MR) is 103 cm³/mol. The highest BCUT2D eigenvalue weighted by molar-refractivity contribution is 5.81. The van der Waals surface area contributed by atoms with E-state index in [9.17, 15) is 4.79 Å². The highest BCUT2D eigenvalue weighted by Gasteiger charge is 2.44. The molecule has 0 aromatic heterocycles. The summed E-state index contributed by atoms with van der Waals surface area (Å²) in [6, 6.07) is 0.650. The molecule has 0 aromatic rings. The fraction of sp³-hybridized carbons (Fsp3) is 0.900. The summed E-state index contributed by atoms with van der Waals surface area (Å²) in [4.78, 5) is 18.8. The fourth-order valence-electron chi connectivity index (χ4n) is 4.73. The Bertz CT molecular complexity index is 464. The van der Waals surface area contributed by atoms with Gasteiger partial charge in [-0.05, 0) is 43.9 Å².